The number of hydrogen-bond acceptors (Lipinski definition) is 5. The Morgan fingerprint density at radius 2 is 2.25 bits per heavy atom. The molecule has 0 fully saturated rings. The quantitative estimate of drug-likeness (QED) is 0.581. The first-order chi connectivity index (χ1) is 9.53. The highest BCUT2D eigenvalue weighted by atomic mass is 16.6. The Kier molecular flexibility index (Phi) is 5.92. The summed E-state index contributed by atoms with van der Waals surface area (Å²) < 4.78 is 4.93. The topological polar surface area (TPSA) is 107 Å². The molecule has 0 saturated heterocycles. The standard InChI is InChI=1S/C13H19N3O4/c1-3-4-10(8-14)15-13(17)9-5-6-11(16(18)19)12(7-9)20-2/h5-7,10H,3-4,8,14H2,1-2H3,(H,15,17). The summed E-state index contributed by atoms with van der Waals surface area (Å²) in [4.78, 5) is 22.3. The van der Waals surface area contributed by atoms with Crippen LogP contribution in [0.15, 0.2) is 18.2 Å². The second-order valence-corrected chi connectivity index (χ2v) is 4.34. The molecule has 0 spiro atoms. The predicted molar refractivity (Wildman–Crippen MR) is 74.9 cm³/mol. The molecule has 1 aromatic carbocycles. The van der Waals surface area contributed by atoms with E-state index in [0.717, 1.165) is 12.8 Å². The Morgan fingerprint density at radius 3 is 2.75 bits per heavy atom. The molecule has 1 aromatic rings. The fraction of sp³-hybridized carbons (Fsp3) is 0.462. The Labute approximate surface area is 117 Å². The number of carbonyl (C=O) groups is 1. The summed E-state index contributed by atoms with van der Waals surface area (Å²) in [7, 11) is 1.32. The van der Waals surface area contributed by atoms with Gasteiger partial charge in [0.1, 0.15) is 0 Å². The molecule has 0 aliphatic carbocycles. The number of nitrogens with one attached hydrogen (secondary N) is 1. The van der Waals surface area contributed by atoms with Crippen LogP contribution in [0.5, 0.6) is 5.75 Å². The van der Waals surface area contributed by atoms with Crippen LogP contribution >= 0.6 is 0 Å². The molecule has 1 rings (SSSR count). The van der Waals surface area contributed by atoms with Gasteiger partial charge in [-0.1, -0.05) is 13.3 Å². The van der Waals surface area contributed by atoms with E-state index >= 15 is 0 Å². The lowest BCUT2D eigenvalue weighted by Gasteiger charge is -2.16. The van der Waals surface area contributed by atoms with Crippen molar-refractivity contribution < 1.29 is 14.5 Å². The monoisotopic (exact) mass is 281 g/mol. The molecule has 0 radical (unpaired) electrons. The van der Waals surface area contributed by atoms with Gasteiger partial charge in [-0.2, -0.15) is 0 Å². The maximum Gasteiger partial charge on any atom is 0.310 e. The van der Waals surface area contributed by atoms with Gasteiger partial charge in [-0.3, -0.25) is 14.9 Å². The second-order valence-electron chi connectivity index (χ2n) is 4.34. The number of carbonyl (C=O) groups excluding carboxylic acids is 1. The smallest absolute Gasteiger partial charge is 0.310 e. The fourth-order valence-corrected chi connectivity index (χ4v) is 1.84. The van der Waals surface area contributed by atoms with Crippen molar-refractivity contribution in [3.63, 3.8) is 0 Å². The van der Waals surface area contributed by atoms with Gasteiger partial charge in [-0.15, -0.1) is 0 Å². The van der Waals surface area contributed by atoms with Crippen LogP contribution in [0.4, 0.5) is 5.69 Å². The van der Waals surface area contributed by atoms with E-state index in [-0.39, 0.29) is 23.4 Å². The molecule has 7 heteroatoms. The van der Waals surface area contributed by atoms with Gasteiger partial charge < -0.3 is 15.8 Å². The van der Waals surface area contributed by atoms with Gasteiger partial charge in [-0.25, -0.2) is 0 Å². The minimum Gasteiger partial charge on any atom is -0.490 e. The number of ether oxygens (including phenoxy) is 1. The van der Waals surface area contributed by atoms with E-state index in [1.165, 1.54) is 25.3 Å². The third-order valence-electron chi connectivity index (χ3n) is 2.90. The molecule has 1 unspecified atom stereocenters. The molecule has 0 aromatic heterocycles. The van der Waals surface area contributed by atoms with Crippen molar-refractivity contribution >= 4 is 11.6 Å². The van der Waals surface area contributed by atoms with E-state index in [1.807, 2.05) is 6.92 Å². The van der Waals surface area contributed by atoms with Gasteiger partial charge in [0.25, 0.3) is 5.91 Å². The number of hydrogen-bond donors (Lipinski definition) is 2. The third kappa shape index (κ3) is 3.92. The Balaban J connectivity index is 2.91. The van der Waals surface area contributed by atoms with Crippen molar-refractivity contribution in [3.8, 4) is 5.75 Å². The summed E-state index contributed by atoms with van der Waals surface area (Å²) in [5, 5.41) is 13.6. The van der Waals surface area contributed by atoms with E-state index in [1.54, 1.807) is 0 Å². The third-order valence-corrected chi connectivity index (χ3v) is 2.90. The Morgan fingerprint density at radius 1 is 1.55 bits per heavy atom. The molecular weight excluding hydrogens is 262 g/mol. The molecule has 110 valence electrons. The molecule has 7 nitrogen and oxygen atoms in total. The summed E-state index contributed by atoms with van der Waals surface area (Å²) in [6.45, 7) is 2.35. The van der Waals surface area contributed by atoms with E-state index < -0.39 is 4.92 Å². The normalized spacial score (nSPS) is 11.8. The lowest BCUT2D eigenvalue weighted by molar-refractivity contribution is -0.385. The average molecular weight is 281 g/mol. The number of nitrogens with zero attached hydrogens (tertiary/aromatic N) is 1. The first-order valence-electron chi connectivity index (χ1n) is 6.36. The molecule has 1 atom stereocenters. The summed E-state index contributed by atoms with van der Waals surface area (Å²) in [6.07, 6.45) is 1.69. The molecule has 0 bridgehead atoms. The van der Waals surface area contributed by atoms with Gasteiger partial charge in [-0.05, 0) is 12.5 Å². The molecule has 0 aliphatic rings. The maximum atomic E-state index is 12.0. The zero-order valence-corrected chi connectivity index (χ0v) is 11.6. The lowest BCUT2D eigenvalue weighted by Crippen LogP contribution is -2.40. The highest BCUT2D eigenvalue weighted by molar-refractivity contribution is 5.95. The minimum absolute atomic E-state index is 0.0578. The first-order valence-corrected chi connectivity index (χ1v) is 6.36. The molecular formula is C13H19N3O4. The summed E-state index contributed by atoms with van der Waals surface area (Å²) >= 11 is 0. The number of nitrogens with two attached hydrogens (primary N) is 1. The van der Waals surface area contributed by atoms with Crippen LogP contribution in [0.25, 0.3) is 0 Å². The van der Waals surface area contributed by atoms with Gasteiger partial charge in [0.15, 0.2) is 5.75 Å². The Bertz CT molecular complexity index is 491. The number of amides is 1. The zero-order chi connectivity index (χ0) is 15.1. The average Bonchev–Trinajstić information content (AvgIpc) is 2.45. The van der Waals surface area contributed by atoms with Crippen molar-refractivity contribution in [3.05, 3.63) is 33.9 Å². The number of benzene rings is 1. The molecule has 0 heterocycles. The van der Waals surface area contributed by atoms with E-state index in [0.29, 0.717) is 12.1 Å². The second kappa shape index (κ2) is 7.44. The maximum absolute atomic E-state index is 12.0. The molecule has 20 heavy (non-hydrogen) atoms. The van der Waals surface area contributed by atoms with E-state index in [9.17, 15) is 14.9 Å². The molecule has 1 amide bonds. The van der Waals surface area contributed by atoms with Crippen molar-refractivity contribution in [2.45, 2.75) is 25.8 Å². The SMILES string of the molecule is CCCC(CN)NC(=O)c1ccc([N+](=O)[O-])c(OC)c1. The molecule has 3 N–H and O–H groups in total. The number of methoxy groups -OCH3 is 1. The van der Waals surface area contributed by atoms with Crippen molar-refractivity contribution in [2.75, 3.05) is 13.7 Å². The zero-order valence-electron chi connectivity index (χ0n) is 11.6. The van der Waals surface area contributed by atoms with Gasteiger partial charge in [0.2, 0.25) is 0 Å². The van der Waals surface area contributed by atoms with E-state index in [2.05, 4.69) is 5.32 Å². The van der Waals surface area contributed by atoms with Crippen molar-refractivity contribution in [2.24, 2.45) is 5.73 Å². The van der Waals surface area contributed by atoms with Crippen LogP contribution in [0.2, 0.25) is 0 Å². The summed E-state index contributed by atoms with van der Waals surface area (Å²) in [6, 6.07) is 3.90. The molecule has 0 aliphatic heterocycles. The van der Waals surface area contributed by atoms with Crippen molar-refractivity contribution in [1.82, 2.24) is 5.32 Å². The lowest BCUT2D eigenvalue weighted by atomic mass is 10.1. The largest absolute Gasteiger partial charge is 0.490 e. The van der Waals surface area contributed by atoms with Crippen molar-refractivity contribution in [1.29, 1.82) is 0 Å². The van der Waals surface area contributed by atoms with E-state index in [4.69, 9.17) is 10.5 Å². The summed E-state index contributed by atoms with van der Waals surface area (Å²) in [5.74, 6) is -0.260. The summed E-state index contributed by atoms with van der Waals surface area (Å²) in [5.41, 5.74) is 5.71. The Hall–Kier alpha value is -2.15. The van der Waals surface area contributed by atoms with Crippen LogP contribution in [-0.4, -0.2) is 30.5 Å². The number of nitro benzene ring substituents is 1. The van der Waals surface area contributed by atoms with Crippen LogP contribution in [0.1, 0.15) is 30.1 Å². The molecule has 0 saturated carbocycles. The predicted octanol–water partition coefficient (Wildman–Crippen LogP) is 1.46. The number of rotatable bonds is 7. The minimum atomic E-state index is -0.555. The van der Waals surface area contributed by atoms with Crippen LogP contribution in [-0.2, 0) is 0 Å². The fourth-order valence-electron chi connectivity index (χ4n) is 1.84. The van der Waals surface area contributed by atoms with Crippen LogP contribution in [0.3, 0.4) is 0 Å². The van der Waals surface area contributed by atoms with Crippen LogP contribution in [0, 0.1) is 10.1 Å². The highest BCUT2D eigenvalue weighted by Gasteiger charge is 2.18. The first kappa shape index (κ1) is 15.9. The van der Waals surface area contributed by atoms with Gasteiger partial charge in [0.05, 0.1) is 12.0 Å². The number of nitro groups is 1. The van der Waals surface area contributed by atoms with Gasteiger partial charge in [0, 0.05) is 30.3 Å². The highest BCUT2D eigenvalue weighted by Crippen LogP contribution is 2.27. The van der Waals surface area contributed by atoms with Crippen LogP contribution < -0.4 is 15.8 Å². The van der Waals surface area contributed by atoms with Gasteiger partial charge >= 0.3 is 5.69 Å².